The van der Waals surface area contributed by atoms with Crippen molar-refractivity contribution in [1.82, 2.24) is 5.32 Å². The van der Waals surface area contributed by atoms with Gasteiger partial charge in [0.25, 0.3) is 0 Å². The zero-order valence-electron chi connectivity index (χ0n) is 24.5. The highest BCUT2D eigenvalue weighted by Crippen LogP contribution is 2.44. The van der Waals surface area contributed by atoms with Crippen LogP contribution in [-0.4, -0.2) is 56.9 Å². The Bertz CT molecular complexity index is 1600. The van der Waals surface area contributed by atoms with Crippen molar-refractivity contribution in [2.24, 2.45) is 0 Å². The monoisotopic (exact) mass is 631 g/mol. The van der Waals surface area contributed by atoms with Gasteiger partial charge in [0.05, 0.1) is 6.10 Å². The summed E-state index contributed by atoms with van der Waals surface area (Å²) in [5.41, 5.74) is 5.66. The van der Waals surface area contributed by atoms with Crippen LogP contribution in [0.2, 0.25) is 0 Å². The average Bonchev–Trinajstić information content (AvgIpc) is 3.35. The van der Waals surface area contributed by atoms with Gasteiger partial charge in [-0.25, -0.2) is 9.59 Å². The fourth-order valence-electron chi connectivity index (χ4n) is 5.46. The Labute approximate surface area is 261 Å². The van der Waals surface area contributed by atoms with Crippen molar-refractivity contribution in [1.29, 1.82) is 0 Å². The van der Waals surface area contributed by atoms with E-state index in [1.165, 1.54) is 0 Å². The number of amides is 1. The van der Waals surface area contributed by atoms with Crippen LogP contribution in [0.1, 0.15) is 41.2 Å². The number of fused-ring (bicyclic) bond motifs is 3. The molecule has 1 aliphatic carbocycles. The van der Waals surface area contributed by atoms with Crippen LogP contribution in [0, 0.1) is 0 Å². The number of nitrogens with one attached hydrogen (secondary N) is 1. The number of hydrogen-bond acceptors (Lipinski definition) is 6. The highest BCUT2D eigenvalue weighted by Gasteiger charge is 2.33. The Balaban J connectivity index is 1.32. The van der Waals surface area contributed by atoms with Gasteiger partial charge in [-0.15, -0.1) is 0 Å². The molecule has 0 aliphatic heterocycles. The van der Waals surface area contributed by atoms with Gasteiger partial charge in [-0.2, -0.15) is 0 Å². The quantitative estimate of drug-likeness (QED) is 0.220. The summed E-state index contributed by atoms with van der Waals surface area (Å²) in [6.45, 7) is 1.61. The smallest absolute Gasteiger partial charge is 0.407 e. The molecule has 0 saturated heterocycles. The number of carboxylic acid groups (broad SMARTS) is 1. The van der Waals surface area contributed by atoms with E-state index in [4.69, 9.17) is 9.47 Å². The predicted molar refractivity (Wildman–Crippen MR) is 170 cm³/mol. The summed E-state index contributed by atoms with van der Waals surface area (Å²) in [5, 5.41) is 12.5. The van der Waals surface area contributed by atoms with Crippen molar-refractivity contribution in [2.45, 2.75) is 40.9 Å². The molecule has 44 heavy (non-hydrogen) atoms. The molecule has 2 unspecified atom stereocenters. The van der Waals surface area contributed by atoms with Crippen molar-refractivity contribution < 1.29 is 32.6 Å². The van der Waals surface area contributed by atoms with E-state index in [1.54, 1.807) is 68.0 Å². The molecule has 0 spiro atoms. The van der Waals surface area contributed by atoms with Crippen LogP contribution < -0.4 is 5.32 Å². The highest BCUT2D eigenvalue weighted by atomic mass is 32.2. The maximum absolute atomic E-state index is 13.0. The molecule has 228 valence electrons. The zero-order valence-corrected chi connectivity index (χ0v) is 26.1. The maximum Gasteiger partial charge on any atom is 0.407 e. The SMILES string of the molecule is C[C@@H](OC(c1ccc(S(C)=O)cc1)c1ccc(S(C)=O)cc1)[C@H](NC(=O)OCC1c2ccccc2-c2ccccc21)C(=O)O. The first-order chi connectivity index (χ1) is 21.1. The lowest BCUT2D eigenvalue weighted by atomic mass is 9.98. The molecule has 8 nitrogen and oxygen atoms in total. The number of hydrogen-bond donors (Lipinski definition) is 2. The third kappa shape index (κ3) is 6.83. The van der Waals surface area contributed by atoms with E-state index in [-0.39, 0.29) is 12.5 Å². The van der Waals surface area contributed by atoms with Gasteiger partial charge in [0.15, 0.2) is 6.04 Å². The molecular weight excluding hydrogens is 599 g/mol. The first kappa shape index (κ1) is 31.3. The third-order valence-corrected chi connectivity index (χ3v) is 9.60. The van der Waals surface area contributed by atoms with Crippen LogP contribution in [0.4, 0.5) is 4.79 Å². The summed E-state index contributed by atoms with van der Waals surface area (Å²) in [6.07, 6.45) is 0.589. The van der Waals surface area contributed by atoms with E-state index in [1.807, 2.05) is 48.5 Å². The molecular formula is C34H33NO7S2. The minimum atomic E-state index is -1.42. The number of ether oxygens (including phenoxy) is 2. The third-order valence-electron chi connectivity index (χ3n) is 7.73. The van der Waals surface area contributed by atoms with Crippen molar-refractivity contribution >= 4 is 33.7 Å². The van der Waals surface area contributed by atoms with Gasteiger partial charge in [-0.1, -0.05) is 72.8 Å². The molecule has 4 aromatic carbocycles. The molecule has 0 fully saturated rings. The molecule has 10 heteroatoms. The molecule has 1 aliphatic rings. The number of alkyl carbamates (subject to hydrolysis) is 1. The van der Waals surface area contributed by atoms with Gasteiger partial charge in [0, 0.05) is 49.8 Å². The summed E-state index contributed by atoms with van der Waals surface area (Å²) in [4.78, 5) is 26.6. The molecule has 2 N–H and O–H groups in total. The summed E-state index contributed by atoms with van der Waals surface area (Å²) in [7, 11) is -2.35. The van der Waals surface area contributed by atoms with Crippen LogP contribution in [-0.2, 0) is 35.9 Å². The lowest BCUT2D eigenvalue weighted by Gasteiger charge is -2.28. The molecule has 0 aromatic heterocycles. The Hall–Kier alpha value is -4.12. The number of carbonyl (C=O) groups excluding carboxylic acids is 1. The van der Waals surface area contributed by atoms with E-state index in [2.05, 4.69) is 5.32 Å². The standard InChI is InChI=1S/C34H33NO7S2/c1-21(42-32(22-12-16-24(17-13-22)43(2)39)23-14-18-25(19-15-23)44(3)40)31(33(36)37)35-34(38)41-20-30-28-10-6-4-8-26(28)27-9-5-7-11-29(27)30/h4-19,21,30-32H,20H2,1-3H3,(H,35,38)(H,36,37)/t21-,31+,32?,43?,44?/m1/s1. The maximum atomic E-state index is 13.0. The number of rotatable bonds is 11. The van der Waals surface area contributed by atoms with Gasteiger partial charge in [-0.3, -0.25) is 8.42 Å². The van der Waals surface area contributed by atoms with Gasteiger partial charge in [0.1, 0.15) is 12.7 Å². The second-order valence-corrected chi connectivity index (χ2v) is 13.3. The molecule has 4 atom stereocenters. The Morgan fingerprint density at radius 1 is 0.773 bits per heavy atom. The topological polar surface area (TPSA) is 119 Å². The fourth-order valence-corrected chi connectivity index (χ4v) is 6.50. The normalized spacial score (nSPS) is 15.7. The Morgan fingerprint density at radius 2 is 1.23 bits per heavy atom. The summed E-state index contributed by atoms with van der Waals surface area (Å²) < 4.78 is 35.8. The average molecular weight is 632 g/mol. The molecule has 5 rings (SSSR count). The molecule has 0 saturated carbocycles. The van der Waals surface area contributed by atoms with E-state index in [0.717, 1.165) is 22.3 Å². The predicted octanol–water partition coefficient (Wildman–Crippen LogP) is 5.65. The van der Waals surface area contributed by atoms with Crippen molar-refractivity contribution in [3.63, 3.8) is 0 Å². The lowest BCUT2D eigenvalue weighted by Crippen LogP contribution is -2.49. The highest BCUT2D eigenvalue weighted by molar-refractivity contribution is 7.84. The summed E-state index contributed by atoms with van der Waals surface area (Å²) in [6, 6.07) is 28.5. The van der Waals surface area contributed by atoms with Gasteiger partial charge in [0.2, 0.25) is 0 Å². The number of carboxylic acids is 1. The lowest BCUT2D eigenvalue weighted by molar-refractivity contribution is -0.144. The van der Waals surface area contributed by atoms with Gasteiger partial charge in [-0.05, 0) is 64.6 Å². The van der Waals surface area contributed by atoms with Crippen LogP contribution in [0.25, 0.3) is 11.1 Å². The molecule has 1 amide bonds. The molecule has 0 radical (unpaired) electrons. The second-order valence-electron chi connectivity index (χ2n) is 10.6. The Morgan fingerprint density at radius 3 is 1.66 bits per heavy atom. The molecule has 4 aromatic rings. The minimum Gasteiger partial charge on any atom is -0.480 e. The summed E-state index contributed by atoms with van der Waals surface area (Å²) in [5.74, 6) is -1.45. The van der Waals surface area contributed by atoms with Crippen molar-refractivity contribution in [3.8, 4) is 11.1 Å². The van der Waals surface area contributed by atoms with E-state index < -0.39 is 51.9 Å². The van der Waals surface area contributed by atoms with Crippen LogP contribution in [0.15, 0.2) is 107 Å². The van der Waals surface area contributed by atoms with Crippen LogP contribution in [0.5, 0.6) is 0 Å². The van der Waals surface area contributed by atoms with E-state index in [0.29, 0.717) is 20.9 Å². The first-order valence-corrected chi connectivity index (χ1v) is 17.1. The molecule has 0 bridgehead atoms. The van der Waals surface area contributed by atoms with Gasteiger partial charge < -0.3 is 19.9 Å². The van der Waals surface area contributed by atoms with Crippen LogP contribution in [0.3, 0.4) is 0 Å². The first-order valence-electron chi connectivity index (χ1n) is 14.0. The largest absolute Gasteiger partial charge is 0.480 e. The number of benzene rings is 4. The van der Waals surface area contributed by atoms with Crippen molar-refractivity contribution in [2.75, 3.05) is 19.1 Å². The fraction of sp³-hybridized carbons (Fsp3) is 0.235. The number of carbonyl (C=O) groups is 2. The molecule has 0 heterocycles. The van der Waals surface area contributed by atoms with E-state index >= 15 is 0 Å². The van der Waals surface area contributed by atoms with Crippen LogP contribution >= 0.6 is 0 Å². The minimum absolute atomic E-state index is 0.0420. The van der Waals surface area contributed by atoms with Gasteiger partial charge >= 0.3 is 12.1 Å². The van der Waals surface area contributed by atoms with Crippen molar-refractivity contribution in [3.05, 3.63) is 119 Å². The van der Waals surface area contributed by atoms with E-state index in [9.17, 15) is 23.1 Å². The Kier molecular flexibility index (Phi) is 9.73. The second kappa shape index (κ2) is 13.7. The summed E-state index contributed by atoms with van der Waals surface area (Å²) >= 11 is 0. The zero-order chi connectivity index (χ0) is 31.4. The number of aliphatic carboxylic acids is 1.